The second-order valence-electron chi connectivity index (χ2n) is 2.87. The van der Waals surface area contributed by atoms with Crippen molar-refractivity contribution < 1.29 is 15.0 Å². The van der Waals surface area contributed by atoms with E-state index in [-0.39, 0.29) is 22.2 Å². The molecule has 0 spiro atoms. The molecular formula is C10H9N3O3S. The maximum Gasteiger partial charge on any atom is 0.335 e. The van der Waals surface area contributed by atoms with Gasteiger partial charge in [-0.05, 0) is 24.5 Å². The van der Waals surface area contributed by atoms with E-state index in [2.05, 4.69) is 10.3 Å². The molecule has 0 bridgehead atoms. The van der Waals surface area contributed by atoms with E-state index in [9.17, 15) is 9.90 Å². The first-order valence-corrected chi connectivity index (χ1v) is 5.65. The Labute approximate surface area is 102 Å². The van der Waals surface area contributed by atoms with E-state index in [1.165, 1.54) is 30.0 Å². The van der Waals surface area contributed by atoms with Crippen molar-refractivity contribution in [1.82, 2.24) is 5.32 Å². The minimum absolute atomic E-state index is 0.0129. The van der Waals surface area contributed by atoms with Gasteiger partial charge in [0.05, 0.1) is 5.56 Å². The second kappa shape index (κ2) is 5.77. The minimum atomic E-state index is -1.11. The number of hydrogen-bond donors (Lipinski definition) is 3. The molecule has 1 rings (SSSR count). The molecule has 1 aromatic rings. The van der Waals surface area contributed by atoms with Crippen LogP contribution in [0, 0.1) is 11.5 Å². The number of phenols is 1. The highest BCUT2D eigenvalue weighted by Gasteiger charge is 2.08. The molecule has 0 unspecified atom stereocenters. The van der Waals surface area contributed by atoms with E-state index in [1.54, 1.807) is 12.4 Å². The van der Waals surface area contributed by atoms with Crippen molar-refractivity contribution in [2.45, 2.75) is 0 Å². The van der Waals surface area contributed by atoms with Gasteiger partial charge >= 0.3 is 5.97 Å². The molecule has 3 N–H and O–H groups in total. The Morgan fingerprint density at radius 2 is 2.29 bits per heavy atom. The number of benzene rings is 1. The van der Waals surface area contributed by atoms with Gasteiger partial charge in [-0.2, -0.15) is 5.26 Å². The predicted octanol–water partition coefficient (Wildman–Crippen LogP) is 1.51. The van der Waals surface area contributed by atoms with Crippen molar-refractivity contribution in [2.75, 3.05) is 6.26 Å². The molecule has 0 heterocycles. The number of carbonyl (C=O) groups is 1. The summed E-state index contributed by atoms with van der Waals surface area (Å²) in [6, 6.07) is 3.74. The third kappa shape index (κ3) is 3.39. The average molecular weight is 251 g/mol. The van der Waals surface area contributed by atoms with Crippen LogP contribution in [0.15, 0.2) is 23.2 Å². The van der Waals surface area contributed by atoms with E-state index in [1.807, 2.05) is 0 Å². The van der Waals surface area contributed by atoms with Gasteiger partial charge in [-0.25, -0.2) is 9.79 Å². The molecule has 0 atom stereocenters. The highest BCUT2D eigenvalue weighted by atomic mass is 32.2. The van der Waals surface area contributed by atoms with E-state index in [0.29, 0.717) is 0 Å². The Balaban J connectivity index is 3.17. The van der Waals surface area contributed by atoms with Crippen LogP contribution < -0.4 is 5.32 Å². The van der Waals surface area contributed by atoms with Gasteiger partial charge < -0.3 is 10.2 Å². The number of rotatable bonds is 2. The van der Waals surface area contributed by atoms with Crippen LogP contribution in [0.2, 0.25) is 0 Å². The summed E-state index contributed by atoms with van der Waals surface area (Å²) in [6.07, 6.45) is 3.39. The first-order valence-electron chi connectivity index (χ1n) is 4.42. The molecule has 0 saturated heterocycles. The van der Waals surface area contributed by atoms with E-state index < -0.39 is 5.97 Å². The Hall–Kier alpha value is -2.20. The first-order chi connectivity index (χ1) is 8.08. The summed E-state index contributed by atoms with van der Waals surface area (Å²) in [4.78, 5) is 14.7. The zero-order chi connectivity index (χ0) is 12.8. The summed E-state index contributed by atoms with van der Waals surface area (Å²) in [5.74, 6) is -1.26. The number of nitrogens with zero attached hydrogens (tertiary/aromatic N) is 2. The molecule has 17 heavy (non-hydrogen) atoms. The molecule has 0 saturated carbocycles. The normalized spacial score (nSPS) is 10.7. The monoisotopic (exact) mass is 251 g/mol. The Kier molecular flexibility index (Phi) is 4.37. The van der Waals surface area contributed by atoms with Crippen LogP contribution in [-0.2, 0) is 0 Å². The number of carboxylic acids is 1. The number of aromatic hydroxyl groups is 1. The minimum Gasteiger partial charge on any atom is -0.506 e. The number of hydrogen-bond acceptors (Lipinski definition) is 5. The zero-order valence-corrected chi connectivity index (χ0v) is 9.65. The van der Waals surface area contributed by atoms with Gasteiger partial charge in [-0.3, -0.25) is 5.32 Å². The Morgan fingerprint density at radius 3 is 2.82 bits per heavy atom. The van der Waals surface area contributed by atoms with Crippen LogP contribution in [-0.4, -0.2) is 27.6 Å². The molecule has 0 aliphatic heterocycles. The first kappa shape index (κ1) is 12.9. The number of carboxylic acid groups (broad SMARTS) is 1. The summed E-state index contributed by atoms with van der Waals surface area (Å²) >= 11 is 1.17. The number of amidine groups is 1. The van der Waals surface area contributed by atoms with Gasteiger partial charge in [0.2, 0.25) is 0 Å². The van der Waals surface area contributed by atoms with Crippen LogP contribution in [0.1, 0.15) is 10.4 Å². The topological polar surface area (TPSA) is 106 Å². The van der Waals surface area contributed by atoms with Crippen LogP contribution in [0.4, 0.5) is 5.69 Å². The highest BCUT2D eigenvalue weighted by molar-refractivity contribution is 8.13. The molecule has 7 heteroatoms. The predicted molar refractivity (Wildman–Crippen MR) is 64.4 cm³/mol. The SMILES string of the molecule is CSC(=Nc1cc(C(=O)O)ccc1O)NC#N. The number of aromatic carboxylic acids is 1. The molecule has 0 aromatic heterocycles. The summed E-state index contributed by atoms with van der Waals surface area (Å²) < 4.78 is 0. The second-order valence-corrected chi connectivity index (χ2v) is 3.66. The van der Waals surface area contributed by atoms with Crippen LogP contribution in [0.25, 0.3) is 0 Å². The maximum absolute atomic E-state index is 10.7. The fourth-order valence-electron chi connectivity index (χ4n) is 1.03. The van der Waals surface area contributed by atoms with Gasteiger partial charge in [0.1, 0.15) is 11.4 Å². The largest absolute Gasteiger partial charge is 0.506 e. The average Bonchev–Trinajstić information content (AvgIpc) is 2.30. The quantitative estimate of drug-likeness (QED) is 0.318. The van der Waals surface area contributed by atoms with Gasteiger partial charge in [0.25, 0.3) is 0 Å². The van der Waals surface area contributed by atoms with Crippen molar-refractivity contribution in [2.24, 2.45) is 4.99 Å². The van der Waals surface area contributed by atoms with Gasteiger partial charge in [0, 0.05) is 0 Å². The lowest BCUT2D eigenvalue weighted by Crippen LogP contribution is -2.12. The molecule has 0 aliphatic carbocycles. The van der Waals surface area contributed by atoms with Crippen molar-refractivity contribution in [3.63, 3.8) is 0 Å². The third-order valence-electron chi connectivity index (χ3n) is 1.80. The summed E-state index contributed by atoms with van der Waals surface area (Å²) in [5.41, 5.74) is 0.107. The smallest absolute Gasteiger partial charge is 0.335 e. The molecule has 0 amide bonds. The van der Waals surface area contributed by atoms with Crippen molar-refractivity contribution >= 4 is 28.6 Å². The molecule has 0 fully saturated rings. The van der Waals surface area contributed by atoms with Crippen LogP contribution in [0.5, 0.6) is 5.75 Å². The molecule has 6 nitrogen and oxygen atoms in total. The van der Waals surface area contributed by atoms with E-state index in [4.69, 9.17) is 10.4 Å². The fourth-order valence-corrected chi connectivity index (χ4v) is 1.37. The van der Waals surface area contributed by atoms with Crippen molar-refractivity contribution in [1.29, 1.82) is 5.26 Å². The number of phenolic OH excluding ortho intramolecular Hbond substituents is 1. The lowest BCUT2D eigenvalue weighted by Gasteiger charge is -2.03. The third-order valence-corrected chi connectivity index (χ3v) is 2.38. The summed E-state index contributed by atoms with van der Waals surface area (Å²) in [7, 11) is 0. The highest BCUT2D eigenvalue weighted by Crippen LogP contribution is 2.28. The van der Waals surface area contributed by atoms with Crippen LogP contribution in [0.3, 0.4) is 0 Å². The summed E-state index contributed by atoms with van der Waals surface area (Å²) in [6.45, 7) is 0. The molecule has 1 aromatic carbocycles. The maximum atomic E-state index is 10.7. The zero-order valence-electron chi connectivity index (χ0n) is 8.84. The molecule has 0 aliphatic rings. The molecular weight excluding hydrogens is 242 g/mol. The van der Waals surface area contributed by atoms with Gasteiger partial charge in [0.15, 0.2) is 11.4 Å². The van der Waals surface area contributed by atoms with Crippen molar-refractivity contribution in [3.05, 3.63) is 23.8 Å². The standard InChI is InChI=1S/C10H9N3O3S/c1-17-10(12-5-11)13-7-4-6(9(15)16)2-3-8(7)14/h2-4,14H,1H3,(H,12,13)(H,15,16). The lowest BCUT2D eigenvalue weighted by atomic mass is 10.2. The Bertz CT molecular complexity index is 508. The number of aliphatic imine (C=N–C) groups is 1. The Morgan fingerprint density at radius 1 is 1.59 bits per heavy atom. The van der Waals surface area contributed by atoms with Gasteiger partial charge in [-0.15, -0.1) is 0 Å². The number of thioether (sulfide) groups is 1. The van der Waals surface area contributed by atoms with E-state index in [0.717, 1.165) is 0 Å². The van der Waals surface area contributed by atoms with Crippen molar-refractivity contribution in [3.8, 4) is 11.9 Å². The summed E-state index contributed by atoms with van der Waals surface area (Å²) in [5, 5.41) is 29.3. The number of nitrogens with one attached hydrogen (secondary N) is 1. The van der Waals surface area contributed by atoms with Gasteiger partial charge in [-0.1, -0.05) is 11.8 Å². The molecule has 0 radical (unpaired) electrons. The lowest BCUT2D eigenvalue weighted by molar-refractivity contribution is 0.0697. The molecule has 88 valence electrons. The number of nitriles is 1. The fraction of sp³-hybridized carbons (Fsp3) is 0.100. The van der Waals surface area contributed by atoms with E-state index >= 15 is 0 Å². The van der Waals surface area contributed by atoms with Crippen LogP contribution >= 0.6 is 11.8 Å².